The fourth-order valence-electron chi connectivity index (χ4n) is 2.41. The fourth-order valence-corrected chi connectivity index (χ4v) is 2.41. The molecule has 126 valence electrons. The van der Waals surface area contributed by atoms with Gasteiger partial charge < -0.3 is 15.4 Å². The van der Waals surface area contributed by atoms with E-state index in [1.165, 1.54) is 0 Å². The van der Waals surface area contributed by atoms with Crippen LogP contribution in [0.2, 0.25) is 0 Å². The molecule has 2 aromatic rings. The number of hydrogen-bond donors (Lipinski definition) is 1. The average Bonchev–Trinajstić information content (AvgIpc) is 2.58. The molecule has 2 aromatic carbocycles. The van der Waals surface area contributed by atoms with Gasteiger partial charge in [0.2, 0.25) is 5.91 Å². The van der Waals surface area contributed by atoms with E-state index in [1.54, 1.807) is 31.4 Å². The molecule has 24 heavy (non-hydrogen) atoms. The van der Waals surface area contributed by atoms with Crippen molar-refractivity contribution in [3.63, 3.8) is 0 Å². The Kier molecular flexibility index (Phi) is 6.01. The molecule has 0 bridgehead atoms. The van der Waals surface area contributed by atoms with Gasteiger partial charge in [0.15, 0.2) is 0 Å². The summed E-state index contributed by atoms with van der Waals surface area (Å²) < 4.78 is 5.14. The van der Waals surface area contributed by atoms with Gasteiger partial charge in [-0.15, -0.1) is 0 Å². The van der Waals surface area contributed by atoms with Crippen LogP contribution in [0, 0.1) is 0 Å². The number of methoxy groups -OCH3 is 1. The first-order valence-corrected chi connectivity index (χ1v) is 7.97. The molecule has 2 N–H and O–H groups in total. The third-order valence-corrected chi connectivity index (χ3v) is 3.77. The molecule has 0 spiro atoms. The molecule has 0 atom stereocenters. The molecule has 0 saturated heterocycles. The number of carbonyl (C=O) groups excluding carboxylic acids is 1. The highest BCUT2D eigenvalue weighted by Gasteiger charge is 2.14. The van der Waals surface area contributed by atoms with E-state index in [0.29, 0.717) is 18.0 Å². The first-order valence-electron chi connectivity index (χ1n) is 7.97. The third kappa shape index (κ3) is 4.62. The van der Waals surface area contributed by atoms with Crippen molar-refractivity contribution in [1.29, 1.82) is 0 Å². The maximum Gasteiger partial charge on any atom is 0.247 e. The van der Waals surface area contributed by atoms with Crippen molar-refractivity contribution in [3.8, 4) is 5.75 Å². The van der Waals surface area contributed by atoms with Crippen LogP contribution in [0.1, 0.15) is 25.0 Å². The van der Waals surface area contributed by atoms with Crippen molar-refractivity contribution in [3.05, 3.63) is 65.7 Å². The van der Waals surface area contributed by atoms with E-state index in [4.69, 9.17) is 10.5 Å². The van der Waals surface area contributed by atoms with Crippen LogP contribution < -0.4 is 10.5 Å². The lowest BCUT2D eigenvalue weighted by Crippen LogP contribution is -2.35. The molecule has 4 heteroatoms. The van der Waals surface area contributed by atoms with Gasteiger partial charge in [0.1, 0.15) is 5.75 Å². The van der Waals surface area contributed by atoms with E-state index < -0.39 is 0 Å². The van der Waals surface area contributed by atoms with Crippen molar-refractivity contribution in [2.24, 2.45) is 0 Å². The number of nitrogen functional groups attached to an aromatic ring is 1. The summed E-state index contributed by atoms with van der Waals surface area (Å²) in [6.45, 7) is 4.62. The monoisotopic (exact) mass is 324 g/mol. The fraction of sp³-hybridized carbons (Fsp3) is 0.250. The van der Waals surface area contributed by atoms with Crippen molar-refractivity contribution < 1.29 is 9.53 Å². The average molecular weight is 324 g/mol. The largest absolute Gasteiger partial charge is 0.495 e. The Morgan fingerprint density at radius 3 is 2.50 bits per heavy atom. The quantitative estimate of drug-likeness (QED) is 0.651. The van der Waals surface area contributed by atoms with Gasteiger partial charge in [0, 0.05) is 18.7 Å². The van der Waals surface area contributed by atoms with E-state index >= 15 is 0 Å². The van der Waals surface area contributed by atoms with Crippen LogP contribution in [0.4, 0.5) is 5.69 Å². The Labute approximate surface area is 143 Å². The molecular formula is C20H24N2O2. The van der Waals surface area contributed by atoms with Gasteiger partial charge in [-0.05, 0) is 43.2 Å². The van der Waals surface area contributed by atoms with Crippen LogP contribution >= 0.6 is 0 Å². The van der Waals surface area contributed by atoms with Gasteiger partial charge in [0.25, 0.3) is 0 Å². The molecule has 2 rings (SSSR count). The Morgan fingerprint density at radius 1 is 1.21 bits per heavy atom. The predicted molar refractivity (Wildman–Crippen MR) is 98.6 cm³/mol. The summed E-state index contributed by atoms with van der Waals surface area (Å²) in [6, 6.07) is 15.6. The minimum absolute atomic E-state index is 0.0248. The highest BCUT2D eigenvalue weighted by atomic mass is 16.5. The van der Waals surface area contributed by atoms with E-state index in [9.17, 15) is 4.79 Å². The first kappa shape index (κ1) is 17.6. The Balaban J connectivity index is 2.11. The summed E-state index contributed by atoms with van der Waals surface area (Å²) in [7, 11) is 1.58. The number of anilines is 1. The third-order valence-electron chi connectivity index (χ3n) is 3.77. The minimum Gasteiger partial charge on any atom is -0.495 e. The van der Waals surface area contributed by atoms with E-state index in [-0.39, 0.29) is 11.9 Å². The van der Waals surface area contributed by atoms with Gasteiger partial charge in [-0.1, -0.05) is 36.4 Å². The summed E-state index contributed by atoms with van der Waals surface area (Å²) >= 11 is 0. The summed E-state index contributed by atoms with van der Waals surface area (Å²) in [5.74, 6) is 0.606. The van der Waals surface area contributed by atoms with Gasteiger partial charge >= 0.3 is 0 Å². The van der Waals surface area contributed by atoms with Crippen LogP contribution in [0.3, 0.4) is 0 Å². The highest BCUT2D eigenvalue weighted by Crippen LogP contribution is 2.22. The van der Waals surface area contributed by atoms with Crippen LogP contribution in [-0.2, 0) is 11.3 Å². The van der Waals surface area contributed by atoms with Crippen LogP contribution in [-0.4, -0.2) is 24.0 Å². The standard InChI is InChI=1S/C20H24N2O2/c1-15(2)22(14-17-7-5-4-6-8-17)20(23)12-10-16-9-11-19(24-3)18(21)13-16/h4-13,15H,14,21H2,1-3H3/b12-10-. The van der Waals surface area contributed by atoms with Crippen molar-refractivity contribution in [1.82, 2.24) is 4.90 Å². The lowest BCUT2D eigenvalue weighted by Gasteiger charge is -2.25. The molecule has 0 aliphatic heterocycles. The van der Waals surface area contributed by atoms with Gasteiger partial charge in [-0.3, -0.25) is 4.79 Å². The highest BCUT2D eigenvalue weighted by molar-refractivity contribution is 5.92. The zero-order chi connectivity index (χ0) is 17.5. The van der Waals surface area contributed by atoms with E-state index in [1.807, 2.05) is 55.1 Å². The summed E-state index contributed by atoms with van der Waals surface area (Å²) in [4.78, 5) is 14.4. The second kappa shape index (κ2) is 8.20. The first-order chi connectivity index (χ1) is 11.5. The molecule has 0 aliphatic rings. The zero-order valence-corrected chi connectivity index (χ0v) is 14.4. The number of carbonyl (C=O) groups is 1. The van der Waals surface area contributed by atoms with E-state index in [0.717, 1.165) is 11.1 Å². The maximum absolute atomic E-state index is 12.6. The summed E-state index contributed by atoms with van der Waals surface area (Å²) in [5, 5.41) is 0. The summed E-state index contributed by atoms with van der Waals surface area (Å²) in [6.07, 6.45) is 3.36. The van der Waals surface area contributed by atoms with Gasteiger partial charge in [-0.25, -0.2) is 0 Å². The van der Waals surface area contributed by atoms with Crippen LogP contribution in [0.15, 0.2) is 54.6 Å². The number of nitrogens with zero attached hydrogens (tertiary/aromatic N) is 1. The van der Waals surface area contributed by atoms with Crippen molar-refractivity contribution >= 4 is 17.7 Å². The lowest BCUT2D eigenvalue weighted by molar-refractivity contribution is -0.128. The number of ether oxygens (including phenoxy) is 1. The van der Waals surface area contributed by atoms with Gasteiger partial charge in [0.05, 0.1) is 12.8 Å². The van der Waals surface area contributed by atoms with Crippen LogP contribution in [0.5, 0.6) is 5.75 Å². The second-order valence-electron chi connectivity index (χ2n) is 5.88. The molecule has 0 saturated carbocycles. The SMILES string of the molecule is COc1ccc(/C=C\C(=O)N(Cc2ccccc2)C(C)C)cc1N. The molecule has 0 aromatic heterocycles. The number of nitrogens with two attached hydrogens (primary N) is 1. The Bertz CT molecular complexity index is 709. The van der Waals surface area contributed by atoms with Gasteiger partial charge in [-0.2, -0.15) is 0 Å². The molecule has 0 fully saturated rings. The number of amides is 1. The Morgan fingerprint density at radius 2 is 1.92 bits per heavy atom. The zero-order valence-electron chi connectivity index (χ0n) is 14.4. The van der Waals surface area contributed by atoms with Crippen molar-refractivity contribution in [2.75, 3.05) is 12.8 Å². The minimum atomic E-state index is -0.0248. The van der Waals surface area contributed by atoms with E-state index in [2.05, 4.69) is 0 Å². The molecular weight excluding hydrogens is 300 g/mol. The second-order valence-corrected chi connectivity index (χ2v) is 5.88. The molecule has 1 amide bonds. The lowest BCUT2D eigenvalue weighted by atomic mass is 10.1. The molecule has 0 radical (unpaired) electrons. The molecule has 0 heterocycles. The maximum atomic E-state index is 12.6. The van der Waals surface area contributed by atoms with Crippen LogP contribution in [0.25, 0.3) is 6.08 Å². The number of rotatable bonds is 6. The molecule has 0 aliphatic carbocycles. The number of hydrogen-bond acceptors (Lipinski definition) is 3. The Hall–Kier alpha value is -2.75. The number of benzene rings is 2. The molecule has 0 unspecified atom stereocenters. The predicted octanol–water partition coefficient (Wildman–Crippen LogP) is 3.73. The smallest absolute Gasteiger partial charge is 0.247 e. The summed E-state index contributed by atoms with van der Waals surface area (Å²) in [5.41, 5.74) is 8.43. The topological polar surface area (TPSA) is 55.6 Å². The normalized spacial score (nSPS) is 11.0. The molecule has 4 nitrogen and oxygen atoms in total. The van der Waals surface area contributed by atoms with Crippen molar-refractivity contribution in [2.45, 2.75) is 26.4 Å².